The summed E-state index contributed by atoms with van der Waals surface area (Å²) >= 11 is 5.96. The third-order valence-electron chi connectivity index (χ3n) is 3.68. The SMILES string of the molecule is Cn1c(Cl)cnc1CNc1cc2c(cn1)CCCC2. The summed E-state index contributed by atoms with van der Waals surface area (Å²) in [6.45, 7) is 0.634. The van der Waals surface area contributed by atoms with Crippen molar-refractivity contribution in [1.82, 2.24) is 14.5 Å². The van der Waals surface area contributed by atoms with Crippen molar-refractivity contribution in [1.29, 1.82) is 0 Å². The Kier molecular flexibility index (Phi) is 3.42. The first kappa shape index (κ1) is 12.5. The number of aromatic nitrogens is 3. The van der Waals surface area contributed by atoms with E-state index in [1.54, 1.807) is 6.20 Å². The average molecular weight is 277 g/mol. The fourth-order valence-corrected chi connectivity index (χ4v) is 2.62. The first-order valence-corrected chi connectivity index (χ1v) is 6.99. The van der Waals surface area contributed by atoms with Gasteiger partial charge in [0.05, 0.1) is 12.7 Å². The molecule has 0 unspecified atom stereocenters. The summed E-state index contributed by atoms with van der Waals surface area (Å²) in [5, 5.41) is 3.96. The predicted molar refractivity (Wildman–Crippen MR) is 76.4 cm³/mol. The number of anilines is 1. The summed E-state index contributed by atoms with van der Waals surface area (Å²) in [5.41, 5.74) is 2.83. The van der Waals surface area contributed by atoms with Gasteiger partial charge in [0.2, 0.25) is 0 Å². The second kappa shape index (κ2) is 5.21. The molecule has 1 aliphatic carbocycles. The lowest BCUT2D eigenvalue weighted by Crippen LogP contribution is -2.09. The molecule has 0 atom stereocenters. The highest BCUT2D eigenvalue weighted by molar-refractivity contribution is 6.29. The molecule has 0 bridgehead atoms. The Balaban J connectivity index is 1.72. The zero-order valence-corrected chi connectivity index (χ0v) is 11.7. The molecule has 2 heterocycles. The van der Waals surface area contributed by atoms with E-state index >= 15 is 0 Å². The molecule has 0 radical (unpaired) electrons. The molecule has 1 aliphatic rings. The van der Waals surface area contributed by atoms with Crippen LogP contribution in [-0.2, 0) is 26.4 Å². The smallest absolute Gasteiger partial charge is 0.128 e. The molecule has 0 fully saturated rings. The van der Waals surface area contributed by atoms with Crippen LogP contribution in [0, 0.1) is 0 Å². The zero-order valence-electron chi connectivity index (χ0n) is 11.0. The first-order valence-electron chi connectivity index (χ1n) is 6.62. The van der Waals surface area contributed by atoms with Gasteiger partial charge < -0.3 is 9.88 Å². The van der Waals surface area contributed by atoms with E-state index < -0.39 is 0 Å². The highest BCUT2D eigenvalue weighted by atomic mass is 35.5. The van der Waals surface area contributed by atoms with Crippen LogP contribution in [0.5, 0.6) is 0 Å². The Hall–Kier alpha value is -1.55. The van der Waals surface area contributed by atoms with Crippen LogP contribution in [0.3, 0.4) is 0 Å². The molecule has 0 aromatic carbocycles. The molecule has 5 heteroatoms. The van der Waals surface area contributed by atoms with Gasteiger partial charge in [0.25, 0.3) is 0 Å². The quantitative estimate of drug-likeness (QED) is 0.937. The number of imidazole rings is 1. The minimum absolute atomic E-state index is 0.634. The monoisotopic (exact) mass is 276 g/mol. The lowest BCUT2D eigenvalue weighted by molar-refractivity contribution is 0.682. The maximum atomic E-state index is 5.96. The fourth-order valence-electron chi connectivity index (χ4n) is 2.47. The molecular formula is C14H17ClN4. The highest BCUT2D eigenvalue weighted by Crippen LogP contribution is 2.22. The van der Waals surface area contributed by atoms with Crippen LogP contribution in [-0.4, -0.2) is 14.5 Å². The summed E-state index contributed by atoms with van der Waals surface area (Å²) in [5.74, 6) is 1.82. The standard InChI is InChI=1S/C14H17ClN4/c1-19-12(15)8-18-14(19)9-17-13-6-10-4-2-3-5-11(10)7-16-13/h6-8H,2-5,9H2,1H3,(H,16,17). The van der Waals surface area contributed by atoms with Gasteiger partial charge in [0, 0.05) is 13.2 Å². The third-order valence-corrected chi connectivity index (χ3v) is 4.03. The Morgan fingerprint density at radius 1 is 1.21 bits per heavy atom. The van der Waals surface area contributed by atoms with E-state index in [4.69, 9.17) is 11.6 Å². The number of nitrogens with one attached hydrogen (secondary N) is 1. The van der Waals surface area contributed by atoms with Crippen molar-refractivity contribution in [2.45, 2.75) is 32.2 Å². The molecule has 2 aromatic heterocycles. The van der Waals surface area contributed by atoms with Gasteiger partial charge in [-0.1, -0.05) is 11.6 Å². The van der Waals surface area contributed by atoms with Gasteiger partial charge in [-0.2, -0.15) is 0 Å². The molecular weight excluding hydrogens is 260 g/mol. The summed E-state index contributed by atoms with van der Waals surface area (Å²) in [6, 6.07) is 2.17. The van der Waals surface area contributed by atoms with Crippen LogP contribution in [0.1, 0.15) is 29.8 Å². The van der Waals surface area contributed by atoms with Crippen molar-refractivity contribution in [3.05, 3.63) is 40.6 Å². The highest BCUT2D eigenvalue weighted by Gasteiger charge is 2.10. The minimum Gasteiger partial charge on any atom is -0.363 e. The van der Waals surface area contributed by atoms with Crippen molar-refractivity contribution in [3.63, 3.8) is 0 Å². The van der Waals surface area contributed by atoms with Gasteiger partial charge in [-0.05, 0) is 42.9 Å². The molecule has 0 amide bonds. The molecule has 2 aromatic rings. The number of rotatable bonds is 3. The summed E-state index contributed by atoms with van der Waals surface area (Å²) in [4.78, 5) is 8.72. The van der Waals surface area contributed by atoms with Gasteiger partial charge in [0.15, 0.2) is 0 Å². The molecule has 0 aliphatic heterocycles. The van der Waals surface area contributed by atoms with E-state index in [1.807, 2.05) is 17.8 Å². The van der Waals surface area contributed by atoms with Crippen LogP contribution in [0.15, 0.2) is 18.5 Å². The van der Waals surface area contributed by atoms with E-state index in [0.29, 0.717) is 11.7 Å². The Morgan fingerprint density at radius 3 is 2.74 bits per heavy atom. The van der Waals surface area contributed by atoms with E-state index in [0.717, 1.165) is 18.1 Å². The molecule has 0 saturated heterocycles. The lowest BCUT2D eigenvalue weighted by atomic mass is 9.93. The number of hydrogen-bond donors (Lipinski definition) is 1. The van der Waals surface area contributed by atoms with Crippen molar-refractivity contribution in [3.8, 4) is 0 Å². The number of fused-ring (bicyclic) bond motifs is 1. The van der Waals surface area contributed by atoms with Crippen LogP contribution >= 0.6 is 11.6 Å². The van der Waals surface area contributed by atoms with Crippen molar-refractivity contribution in [2.75, 3.05) is 5.32 Å². The van der Waals surface area contributed by atoms with Crippen molar-refractivity contribution in [2.24, 2.45) is 7.05 Å². The summed E-state index contributed by atoms with van der Waals surface area (Å²) in [6.07, 6.45) is 8.57. The Labute approximate surface area is 117 Å². The van der Waals surface area contributed by atoms with Gasteiger partial charge >= 0.3 is 0 Å². The number of aryl methyl sites for hydroxylation is 2. The molecule has 0 spiro atoms. The topological polar surface area (TPSA) is 42.7 Å². The average Bonchev–Trinajstić information content (AvgIpc) is 2.76. The number of hydrogen-bond acceptors (Lipinski definition) is 3. The van der Waals surface area contributed by atoms with Crippen molar-refractivity contribution < 1.29 is 0 Å². The Bertz CT molecular complexity index is 591. The second-order valence-electron chi connectivity index (χ2n) is 4.96. The molecule has 3 rings (SSSR count). The number of nitrogens with zero attached hydrogens (tertiary/aromatic N) is 3. The van der Waals surface area contributed by atoms with Gasteiger partial charge in [-0.25, -0.2) is 9.97 Å². The second-order valence-corrected chi connectivity index (χ2v) is 5.34. The fraction of sp³-hybridized carbons (Fsp3) is 0.429. The number of pyridine rings is 1. The normalized spacial score (nSPS) is 14.2. The van der Waals surface area contributed by atoms with Crippen LogP contribution in [0.25, 0.3) is 0 Å². The first-order chi connectivity index (χ1) is 9.24. The van der Waals surface area contributed by atoms with E-state index in [1.165, 1.54) is 30.4 Å². The maximum Gasteiger partial charge on any atom is 0.128 e. The molecule has 4 nitrogen and oxygen atoms in total. The molecule has 100 valence electrons. The largest absolute Gasteiger partial charge is 0.363 e. The van der Waals surface area contributed by atoms with Crippen molar-refractivity contribution >= 4 is 17.4 Å². The third kappa shape index (κ3) is 2.59. The summed E-state index contributed by atoms with van der Waals surface area (Å²) < 4.78 is 1.87. The minimum atomic E-state index is 0.634. The van der Waals surface area contributed by atoms with Gasteiger partial charge in [-0.15, -0.1) is 0 Å². The van der Waals surface area contributed by atoms with Gasteiger partial charge in [-0.3, -0.25) is 0 Å². The number of halogens is 1. The molecule has 1 N–H and O–H groups in total. The Morgan fingerprint density at radius 2 is 2.00 bits per heavy atom. The van der Waals surface area contributed by atoms with Crippen LogP contribution in [0.2, 0.25) is 5.15 Å². The van der Waals surface area contributed by atoms with Crippen LogP contribution in [0.4, 0.5) is 5.82 Å². The lowest BCUT2D eigenvalue weighted by Gasteiger charge is -2.16. The zero-order chi connectivity index (χ0) is 13.2. The van der Waals surface area contributed by atoms with Gasteiger partial charge in [0.1, 0.15) is 16.8 Å². The predicted octanol–water partition coefficient (Wildman–Crippen LogP) is 2.96. The van der Waals surface area contributed by atoms with E-state index in [9.17, 15) is 0 Å². The maximum absolute atomic E-state index is 5.96. The van der Waals surface area contributed by atoms with Crippen LogP contribution < -0.4 is 5.32 Å². The van der Waals surface area contributed by atoms with E-state index in [-0.39, 0.29) is 0 Å². The molecule has 19 heavy (non-hydrogen) atoms. The molecule has 0 saturated carbocycles. The summed E-state index contributed by atoms with van der Waals surface area (Å²) in [7, 11) is 1.91. The van der Waals surface area contributed by atoms with E-state index in [2.05, 4.69) is 21.4 Å².